The molecule has 1 N–H and O–H groups in total. The number of carbonyl (C=O) groups excluding carboxylic acids is 1. The zero-order valence-electron chi connectivity index (χ0n) is 9.75. The van der Waals surface area contributed by atoms with E-state index in [0.717, 1.165) is 24.8 Å². The Balaban J connectivity index is 2.31. The molecule has 1 aliphatic rings. The van der Waals surface area contributed by atoms with E-state index >= 15 is 0 Å². The molecule has 1 aliphatic carbocycles. The molecule has 0 unspecified atom stereocenters. The fourth-order valence-electron chi connectivity index (χ4n) is 2.08. The predicted octanol–water partition coefficient (Wildman–Crippen LogP) is 3.01. The maximum atomic E-state index is 11.5. The van der Waals surface area contributed by atoms with Gasteiger partial charge in [0.15, 0.2) is 0 Å². The van der Waals surface area contributed by atoms with Crippen LogP contribution in [0.15, 0.2) is 12.2 Å². The van der Waals surface area contributed by atoms with E-state index < -0.39 is 0 Å². The van der Waals surface area contributed by atoms with Crippen molar-refractivity contribution in [1.29, 1.82) is 5.26 Å². The highest BCUT2D eigenvalue weighted by atomic mass is 32.1. The second-order valence-electron chi connectivity index (χ2n) is 4.02. The number of amides is 1. The third-order valence-corrected chi connectivity index (χ3v) is 4.05. The summed E-state index contributed by atoms with van der Waals surface area (Å²) in [5.41, 5.74) is 1.82. The van der Waals surface area contributed by atoms with Crippen molar-refractivity contribution in [2.24, 2.45) is 0 Å². The molecule has 0 atom stereocenters. The van der Waals surface area contributed by atoms with E-state index in [4.69, 9.17) is 0 Å². The highest BCUT2D eigenvalue weighted by Crippen LogP contribution is 2.37. The molecule has 17 heavy (non-hydrogen) atoms. The van der Waals surface area contributed by atoms with Crippen LogP contribution < -0.4 is 5.32 Å². The molecule has 0 aromatic carbocycles. The molecule has 1 aromatic heterocycles. The fourth-order valence-corrected chi connectivity index (χ4v) is 3.32. The van der Waals surface area contributed by atoms with Crippen LogP contribution >= 0.6 is 11.3 Å². The smallest absolute Gasteiger partial charge is 0.248 e. The molecule has 0 fully saturated rings. The Labute approximate surface area is 105 Å². The number of nitrogens with zero attached hydrogens (tertiary/aromatic N) is 1. The Morgan fingerprint density at radius 2 is 2.24 bits per heavy atom. The Bertz CT molecular complexity index is 508. The van der Waals surface area contributed by atoms with E-state index in [-0.39, 0.29) is 5.91 Å². The van der Waals surface area contributed by atoms with Crippen molar-refractivity contribution in [3.8, 4) is 6.07 Å². The van der Waals surface area contributed by atoms with Crippen LogP contribution in [0.2, 0.25) is 0 Å². The highest BCUT2D eigenvalue weighted by molar-refractivity contribution is 7.16. The van der Waals surface area contributed by atoms with Crippen LogP contribution in [-0.2, 0) is 17.6 Å². The van der Waals surface area contributed by atoms with Crippen molar-refractivity contribution in [1.82, 2.24) is 0 Å². The second-order valence-corrected chi connectivity index (χ2v) is 5.12. The number of rotatable bonds is 2. The largest absolute Gasteiger partial charge is 0.313 e. The van der Waals surface area contributed by atoms with Crippen LogP contribution in [0.4, 0.5) is 5.00 Å². The van der Waals surface area contributed by atoms with Crippen molar-refractivity contribution in [2.45, 2.75) is 32.6 Å². The van der Waals surface area contributed by atoms with Gasteiger partial charge >= 0.3 is 0 Å². The molecule has 0 radical (unpaired) electrons. The minimum absolute atomic E-state index is 0.164. The van der Waals surface area contributed by atoms with Crippen LogP contribution in [-0.4, -0.2) is 5.91 Å². The molecule has 1 aromatic rings. The van der Waals surface area contributed by atoms with Gasteiger partial charge in [0.2, 0.25) is 5.91 Å². The summed E-state index contributed by atoms with van der Waals surface area (Å²) in [6.07, 6.45) is 7.48. The number of hydrogen-bond donors (Lipinski definition) is 1. The van der Waals surface area contributed by atoms with Crippen molar-refractivity contribution in [2.75, 3.05) is 5.32 Å². The quantitative estimate of drug-likeness (QED) is 0.815. The summed E-state index contributed by atoms with van der Waals surface area (Å²) in [6.45, 7) is 1.80. The molecule has 0 spiro atoms. The SMILES string of the molecule is CC=CC(=O)Nc1sc2c(c1C#N)CCCC2. The van der Waals surface area contributed by atoms with Gasteiger partial charge in [-0.1, -0.05) is 6.08 Å². The van der Waals surface area contributed by atoms with Gasteiger partial charge in [-0.25, -0.2) is 0 Å². The Hall–Kier alpha value is -1.60. The van der Waals surface area contributed by atoms with E-state index in [1.165, 1.54) is 17.4 Å². The van der Waals surface area contributed by atoms with Gasteiger partial charge < -0.3 is 5.32 Å². The third-order valence-electron chi connectivity index (χ3n) is 2.84. The fraction of sp³-hybridized carbons (Fsp3) is 0.385. The van der Waals surface area contributed by atoms with Crippen molar-refractivity contribution in [3.05, 3.63) is 28.2 Å². The molecule has 0 bridgehead atoms. The summed E-state index contributed by atoms with van der Waals surface area (Å²) in [5, 5.41) is 12.7. The summed E-state index contributed by atoms with van der Waals surface area (Å²) in [5.74, 6) is -0.164. The molecule has 0 aliphatic heterocycles. The van der Waals surface area contributed by atoms with Gasteiger partial charge in [0.1, 0.15) is 11.1 Å². The van der Waals surface area contributed by atoms with Gasteiger partial charge in [0.05, 0.1) is 5.56 Å². The number of allylic oxidation sites excluding steroid dienone is 1. The predicted molar refractivity (Wildman–Crippen MR) is 69.1 cm³/mol. The standard InChI is InChI=1S/C13H14N2OS/c1-2-5-12(16)15-13-10(8-14)9-6-3-4-7-11(9)17-13/h2,5H,3-4,6-7H2,1H3,(H,15,16). The number of hydrogen-bond acceptors (Lipinski definition) is 3. The van der Waals surface area contributed by atoms with E-state index in [2.05, 4.69) is 11.4 Å². The van der Waals surface area contributed by atoms with Crippen LogP contribution in [0.25, 0.3) is 0 Å². The summed E-state index contributed by atoms with van der Waals surface area (Å²) < 4.78 is 0. The van der Waals surface area contributed by atoms with Crippen molar-refractivity contribution in [3.63, 3.8) is 0 Å². The van der Waals surface area contributed by atoms with Gasteiger partial charge in [-0.15, -0.1) is 11.3 Å². The second kappa shape index (κ2) is 5.15. The number of nitriles is 1. The number of carbonyl (C=O) groups is 1. The van der Waals surface area contributed by atoms with Crippen molar-refractivity contribution >= 4 is 22.2 Å². The molecular formula is C13H14N2OS. The molecule has 0 saturated heterocycles. The maximum Gasteiger partial charge on any atom is 0.248 e. The molecule has 4 heteroatoms. The highest BCUT2D eigenvalue weighted by Gasteiger charge is 2.21. The van der Waals surface area contributed by atoms with Crippen molar-refractivity contribution < 1.29 is 4.79 Å². The van der Waals surface area contributed by atoms with Gasteiger partial charge in [-0.3, -0.25) is 4.79 Å². The number of nitrogens with one attached hydrogen (secondary N) is 1. The Morgan fingerprint density at radius 3 is 2.94 bits per heavy atom. The van der Waals surface area contributed by atoms with Gasteiger partial charge in [-0.2, -0.15) is 5.26 Å². The van der Waals surface area contributed by atoms with Gasteiger partial charge in [0.25, 0.3) is 0 Å². The first-order chi connectivity index (χ1) is 8.26. The molecule has 88 valence electrons. The molecule has 0 saturated carbocycles. The summed E-state index contributed by atoms with van der Waals surface area (Å²) in [6, 6.07) is 2.22. The zero-order chi connectivity index (χ0) is 12.3. The lowest BCUT2D eigenvalue weighted by atomic mass is 9.96. The lowest BCUT2D eigenvalue weighted by Crippen LogP contribution is -2.07. The van der Waals surface area contributed by atoms with E-state index in [1.54, 1.807) is 24.3 Å². The number of aryl methyl sites for hydroxylation is 1. The molecular weight excluding hydrogens is 232 g/mol. The first kappa shape index (κ1) is 11.9. The third kappa shape index (κ3) is 2.40. The lowest BCUT2D eigenvalue weighted by Gasteiger charge is -2.09. The van der Waals surface area contributed by atoms with E-state index in [1.807, 2.05) is 0 Å². The Kier molecular flexibility index (Phi) is 3.60. The average Bonchev–Trinajstić information content (AvgIpc) is 2.66. The van der Waals surface area contributed by atoms with Crippen LogP contribution in [0, 0.1) is 11.3 Å². The summed E-state index contributed by atoms with van der Waals surface area (Å²) >= 11 is 1.55. The first-order valence-electron chi connectivity index (χ1n) is 5.74. The molecule has 2 rings (SSSR count). The number of thiophene rings is 1. The molecule has 3 nitrogen and oxygen atoms in total. The van der Waals surface area contributed by atoms with Gasteiger partial charge in [-0.05, 0) is 44.2 Å². The van der Waals surface area contributed by atoms with Crippen LogP contribution in [0.5, 0.6) is 0 Å². The minimum atomic E-state index is -0.164. The summed E-state index contributed by atoms with van der Waals surface area (Å²) in [4.78, 5) is 12.8. The first-order valence-corrected chi connectivity index (χ1v) is 6.56. The normalized spacial score (nSPS) is 14.4. The van der Waals surface area contributed by atoms with E-state index in [0.29, 0.717) is 10.6 Å². The summed E-state index contributed by atoms with van der Waals surface area (Å²) in [7, 11) is 0. The van der Waals surface area contributed by atoms with Crippen LogP contribution in [0.3, 0.4) is 0 Å². The van der Waals surface area contributed by atoms with Crippen LogP contribution in [0.1, 0.15) is 35.8 Å². The van der Waals surface area contributed by atoms with E-state index in [9.17, 15) is 10.1 Å². The Morgan fingerprint density at radius 1 is 1.47 bits per heavy atom. The minimum Gasteiger partial charge on any atom is -0.313 e. The average molecular weight is 246 g/mol. The molecule has 1 amide bonds. The topological polar surface area (TPSA) is 52.9 Å². The lowest BCUT2D eigenvalue weighted by molar-refractivity contribution is -0.111. The monoisotopic (exact) mass is 246 g/mol. The zero-order valence-corrected chi connectivity index (χ0v) is 10.6. The molecule has 1 heterocycles. The van der Waals surface area contributed by atoms with Gasteiger partial charge in [0, 0.05) is 4.88 Å². The number of anilines is 1. The maximum absolute atomic E-state index is 11.5. The number of fused-ring (bicyclic) bond motifs is 1.